The van der Waals surface area contributed by atoms with Gasteiger partial charge in [0.15, 0.2) is 0 Å². The summed E-state index contributed by atoms with van der Waals surface area (Å²) in [6, 6.07) is 16.2. The van der Waals surface area contributed by atoms with E-state index < -0.39 is 0 Å². The Morgan fingerprint density at radius 1 is 1.00 bits per heavy atom. The number of hydrogen-bond acceptors (Lipinski definition) is 2. The first kappa shape index (κ1) is 16.7. The van der Waals surface area contributed by atoms with Crippen LogP contribution in [0.5, 0.6) is 0 Å². The van der Waals surface area contributed by atoms with Gasteiger partial charge in [0.25, 0.3) is 0 Å². The fourth-order valence-corrected chi connectivity index (χ4v) is 3.66. The van der Waals surface area contributed by atoms with Crippen LogP contribution in [0.15, 0.2) is 53.4 Å². The van der Waals surface area contributed by atoms with E-state index >= 15 is 0 Å². The molecule has 0 fully saturated rings. The van der Waals surface area contributed by atoms with Crippen molar-refractivity contribution in [3.05, 3.63) is 64.1 Å². The van der Waals surface area contributed by atoms with Crippen LogP contribution < -0.4 is 5.32 Å². The molecule has 1 nitrogen and oxygen atoms in total. The van der Waals surface area contributed by atoms with Crippen molar-refractivity contribution in [2.24, 2.45) is 0 Å². The Balaban J connectivity index is 2.10. The van der Waals surface area contributed by atoms with Crippen LogP contribution in [-0.2, 0) is 0 Å². The molecular weight excluding hydrogens is 321 g/mol. The van der Waals surface area contributed by atoms with Crippen molar-refractivity contribution in [1.29, 1.82) is 0 Å². The van der Waals surface area contributed by atoms with Crippen molar-refractivity contribution in [2.45, 2.75) is 24.3 Å². The summed E-state index contributed by atoms with van der Waals surface area (Å²) in [7, 11) is 0. The quantitative estimate of drug-likeness (QED) is 0.637. The fourth-order valence-electron chi connectivity index (χ4n) is 2.07. The van der Waals surface area contributed by atoms with E-state index in [4.69, 9.17) is 23.2 Å². The number of thioether (sulfide) groups is 1. The number of hydrogen-bond donors (Lipinski definition) is 1. The maximum absolute atomic E-state index is 6.34. The third kappa shape index (κ3) is 4.93. The summed E-state index contributed by atoms with van der Waals surface area (Å²) in [5.74, 6) is 0.896. The molecule has 21 heavy (non-hydrogen) atoms. The minimum absolute atomic E-state index is 0.222. The van der Waals surface area contributed by atoms with Gasteiger partial charge in [0.1, 0.15) is 0 Å². The lowest BCUT2D eigenvalue weighted by atomic mass is 10.1. The maximum atomic E-state index is 6.34. The summed E-state index contributed by atoms with van der Waals surface area (Å²) in [6.45, 7) is 3.14. The molecule has 0 radical (unpaired) electrons. The molecule has 112 valence electrons. The minimum Gasteiger partial charge on any atom is -0.309 e. The second-order valence-electron chi connectivity index (χ2n) is 4.77. The van der Waals surface area contributed by atoms with Crippen molar-refractivity contribution in [1.82, 2.24) is 5.32 Å². The molecule has 0 aliphatic heterocycles. The van der Waals surface area contributed by atoms with Gasteiger partial charge in [0.2, 0.25) is 0 Å². The van der Waals surface area contributed by atoms with E-state index in [2.05, 4.69) is 24.4 Å². The molecule has 0 amide bonds. The first-order valence-electron chi connectivity index (χ1n) is 7.07. The Kier molecular flexibility index (Phi) is 6.91. The SMILES string of the molecule is CCCNC(CSc1ccccc1Cl)c1ccccc1Cl. The molecule has 1 unspecified atom stereocenters. The molecule has 0 aliphatic carbocycles. The zero-order valence-corrected chi connectivity index (χ0v) is 14.3. The molecule has 0 aromatic heterocycles. The lowest BCUT2D eigenvalue weighted by molar-refractivity contribution is 0.577. The van der Waals surface area contributed by atoms with Crippen molar-refractivity contribution in [3.63, 3.8) is 0 Å². The summed E-state index contributed by atoms with van der Waals surface area (Å²) in [5.41, 5.74) is 1.15. The van der Waals surface area contributed by atoms with E-state index in [1.165, 1.54) is 0 Å². The van der Waals surface area contributed by atoms with Crippen molar-refractivity contribution < 1.29 is 0 Å². The highest BCUT2D eigenvalue weighted by Crippen LogP contribution is 2.32. The molecule has 0 saturated carbocycles. The Labute approximate surface area is 141 Å². The maximum Gasteiger partial charge on any atom is 0.0541 e. The summed E-state index contributed by atoms with van der Waals surface area (Å²) in [5, 5.41) is 5.18. The van der Waals surface area contributed by atoms with Gasteiger partial charge in [-0.2, -0.15) is 0 Å². The highest BCUT2D eigenvalue weighted by molar-refractivity contribution is 7.99. The Morgan fingerprint density at radius 2 is 1.67 bits per heavy atom. The normalized spacial score (nSPS) is 12.3. The number of nitrogens with one attached hydrogen (secondary N) is 1. The van der Waals surface area contributed by atoms with Gasteiger partial charge in [-0.25, -0.2) is 0 Å². The average molecular weight is 340 g/mol. The van der Waals surface area contributed by atoms with Gasteiger partial charge in [-0.05, 0) is 36.7 Å². The standard InChI is InChI=1S/C17H19Cl2NS/c1-2-11-20-16(13-7-3-4-8-14(13)18)12-21-17-10-6-5-9-15(17)19/h3-10,16,20H,2,11-12H2,1H3. The lowest BCUT2D eigenvalue weighted by Crippen LogP contribution is -2.24. The summed E-state index contributed by atoms with van der Waals surface area (Å²) in [6.07, 6.45) is 1.09. The molecule has 2 aromatic rings. The van der Waals surface area contributed by atoms with Crippen LogP contribution >= 0.6 is 35.0 Å². The average Bonchev–Trinajstić information content (AvgIpc) is 2.50. The third-order valence-corrected chi connectivity index (χ3v) is 5.12. The summed E-state index contributed by atoms with van der Waals surface area (Å²) in [4.78, 5) is 1.11. The first-order chi connectivity index (χ1) is 10.2. The van der Waals surface area contributed by atoms with E-state index in [9.17, 15) is 0 Å². The molecular formula is C17H19Cl2NS. The molecule has 1 atom stereocenters. The summed E-state index contributed by atoms with van der Waals surface area (Å²) >= 11 is 14.3. The van der Waals surface area contributed by atoms with Gasteiger partial charge in [-0.3, -0.25) is 0 Å². The monoisotopic (exact) mass is 339 g/mol. The number of benzene rings is 2. The van der Waals surface area contributed by atoms with Crippen LogP contribution in [0.3, 0.4) is 0 Å². The summed E-state index contributed by atoms with van der Waals surface area (Å²) < 4.78 is 0. The number of rotatable bonds is 7. The fraction of sp³-hybridized carbons (Fsp3) is 0.294. The highest BCUT2D eigenvalue weighted by Gasteiger charge is 2.14. The van der Waals surface area contributed by atoms with Crippen LogP contribution in [0.4, 0.5) is 0 Å². The molecule has 0 spiro atoms. The molecule has 0 aliphatic rings. The van der Waals surface area contributed by atoms with E-state index in [0.29, 0.717) is 0 Å². The van der Waals surface area contributed by atoms with Crippen molar-refractivity contribution >= 4 is 35.0 Å². The topological polar surface area (TPSA) is 12.0 Å². The van der Waals surface area contributed by atoms with Crippen LogP contribution in [-0.4, -0.2) is 12.3 Å². The lowest BCUT2D eigenvalue weighted by Gasteiger charge is -2.20. The van der Waals surface area contributed by atoms with Crippen LogP contribution in [0.1, 0.15) is 24.9 Å². The molecule has 0 bridgehead atoms. The first-order valence-corrected chi connectivity index (χ1v) is 8.81. The van der Waals surface area contributed by atoms with Gasteiger partial charge >= 0.3 is 0 Å². The van der Waals surface area contributed by atoms with Gasteiger partial charge in [0, 0.05) is 21.7 Å². The molecule has 0 heterocycles. The molecule has 1 N–H and O–H groups in total. The zero-order chi connectivity index (χ0) is 15.1. The van der Waals surface area contributed by atoms with E-state index in [-0.39, 0.29) is 6.04 Å². The predicted octanol–water partition coefficient (Wildman–Crippen LogP) is 5.83. The van der Waals surface area contributed by atoms with Crippen LogP contribution in [0.2, 0.25) is 10.0 Å². The van der Waals surface area contributed by atoms with Gasteiger partial charge in [0.05, 0.1) is 5.02 Å². The van der Waals surface area contributed by atoms with E-state index in [1.54, 1.807) is 11.8 Å². The third-order valence-electron chi connectivity index (χ3n) is 3.16. The molecule has 2 aromatic carbocycles. The zero-order valence-electron chi connectivity index (χ0n) is 12.0. The van der Waals surface area contributed by atoms with E-state index in [0.717, 1.165) is 39.2 Å². The van der Waals surface area contributed by atoms with Gasteiger partial charge in [-0.1, -0.05) is 60.5 Å². The second-order valence-corrected chi connectivity index (χ2v) is 6.65. The van der Waals surface area contributed by atoms with Crippen LogP contribution in [0.25, 0.3) is 0 Å². The molecule has 0 saturated heterocycles. The second kappa shape index (κ2) is 8.70. The van der Waals surface area contributed by atoms with E-state index in [1.807, 2.05) is 36.4 Å². The minimum atomic E-state index is 0.222. The Morgan fingerprint density at radius 3 is 2.33 bits per heavy atom. The van der Waals surface area contributed by atoms with Gasteiger partial charge < -0.3 is 5.32 Å². The van der Waals surface area contributed by atoms with Crippen molar-refractivity contribution in [2.75, 3.05) is 12.3 Å². The molecule has 4 heteroatoms. The number of halogens is 2. The largest absolute Gasteiger partial charge is 0.309 e. The Bertz CT molecular complexity index is 574. The van der Waals surface area contributed by atoms with Crippen molar-refractivity contribution in [3.8, 4) is 0 Å². The smallest absolute Gasteiger partial charge is 0.0541 e. The predicted molar refractivity (Wildman–Crippen MR) is 94.7 cm³/mol. The molecule has 2 rings (SSSR count). The Hall–Kier alpha value is -0.670. The highest BCUT2D eigenvalue weighted by atomic mass is 35.5. The van der Waals surface area contributed by atoms with Gasteiger partial charge in [-0.15, -0.1) is 11.8 Å². The van der Waals surface area contributed by atoms with Crippen LogP contribution in [0, 0.1) is 0 Å².